The number of carbonyl (C=O) groups excluding carboxylic acids is 1. The summed E-state index contributed by atoms with van der Waals surface area (Å²) in [5.74, 6) is 0.227. The van der Waals surface area contributed by atoms with Gasteiger partial charge >= 0.3 is 0 Å². The first-order chi connectivity index (χ1) is 11.1. The second-order valence-electron chi connectivity index (χ2n) is 6.07. The van der Waals surface area contributed by atoms with Gasteiger partial charge in [0.2, 0.25) is 5.91 Å². The second-order valence-corrected chi connectivity index (χ2v) is 6.07. The van der Waals surface area contributed by atoms with Crippen molar-refractivity contribution in [2.45, 2.75) is 40.3 Å². The van der Waals surface area contributed by atoms with Crippen molar-refractivity contribution in [1.82, 2.24) is 29.4 Å². The van der Waals surface area contributed by atoms with Crippen LogP contribution in [0, 0.1) is 6.92 Å². The Morgan fingerprint density at radius 2 is 1.87 bits per heavy atom. The van der Waals surface area contributed by atoms with Crippen LogP contribution in [-0.4, -0.2) is 68.0 Å². The maximum absolute atomic E-state index is 12.4. The molecule has 0 saturated carbocycles. The summed E-state index contributed by atoms with van der Waals surface area (Å²) in [6, 6.07) is 0. The summed E-state index contributed by atoms with van der Waals surface area (Å²) in [7, 11) is 0. The van der Waals surface area contributed by atoms with Crippen molar-refractivity contribution in [2.75, 3.05) is 32.7 Å². The molecule has 1 fully saturated rings. The van der Waals surface area contributed by atoms with Gasteiger partial charge in [0, 0.05) is 39.1 Å². The minimum Gasteiger partial charge on any atom is -0.340 e. The molecule has 0 N–H and O–H groups in total. The van der Waals surface area contributed by atoms with Gasteiger partial charge in [-0.3, -0.25) is 14.2 Å². The maximum atomic E-state index is 12.4. The first kappa shape index (κ1) is 16.0. The number of aromatic nitrogens is 4. The predicted octanol–water partition coefficient (Wildman–Crippen LogP) is 1.12. The number of carbonyl (C=O) groups is 1. The number of fused-ring (bicyclic) bond motifs is 1. The molecule has 0 spiro atoms. The lowest BCUT2D eigenvalue weighted by Crippen LogP contribution is -2.48. The van der Waals surface area contributed by atoms with Crippen LogP contribution in [0.2, 0.25) is 0 Å². The fourth-order valence-electron chi connectivity index (χ4n) is 3.30. The first-order valence-corrected chi connectivity index (χ1v) is 8.53. The van der Waals surface area contributed by atoms with E-state index < -0.39 is 0 Å². The van der Waals surface area contributed by atoms with E-state index in [0.29, 0.717) is 13.0 Å². The van der Waals surface area contributed by atoms with Gasteiger partial charge in [0.1, 0.15) is 11.0 Å². The topological polar surface area (TPSA) is 59.2 Å². The third-order valence-electron chi connectivity index (χ3n) is 4.72. The summed E-state index contributed by atoms with van der Waals surface area (Å²) < 4.78 is 3.88. The molecule has 0 aromatic carbocycles. The van der Waals surface area contributed by atoms with E-state index >= 15 is 0 Å². The Balaban J connectivity index is 1.62. The van der Waals surface area contributed by atoms with E-state index in [2.05, 4.69) is 28.9 Å². The van der Waals surface area contributed by atoms with Gasteiger partial charge in [-0.1, -0.05) is 6.92 Å². The van der Waals surface area contributed by atoms with Crippen LogP contribution in [0.3, 0.4) is 0 Å². The van der Waals surface area contributed by atoms with E-state index in [-0.39, 0.29) is 5.91 Å². The Morgan fingerprint density at radius 3 is 2.52 bits per heavy atom. The molecular weight excluding hydrogens is 292 g/mol. The van der Waals surface area contributed by atoms with Crippen molar-refractivity contribution in [3.63, 3.8) is 0 Å². The number of amides is 1. The van der Waals surface area contributed by atoms with Crippen LogP contribution in [0.1, 0.15) is 26.0 Å². The van der Waals surface area contributed by atoms with Gasteiger partial charge in [-0.15, -0.1) is 0 Å². The minimum absolute atomic E-state index is 0.227. The van der Waals surface area contributed by atoms with Gasteiger partial charge in [0.15, 0.2) is 0 Å². The van der Waals surface area contributed by atoms with Crippen LogP contribution >= 0.6 is 0 Å². The average Bonchev–Trinajstić information content (AvgIpc) is 3.14. The zero-order chi connectivity index (χ0) is 16.4. The van der Waals surface area contributed by atoms with Crippen LogP contribution in [0.15, 0.2) is 6.20 Å². The summed E-state index contributed by atoms with van der Waals surface area (Å²) in [6.07, 6.45) is 2.35. The lowest BCUT2D eigenvalue weighted by Gasteiger charge is -2.34. The number of likely N-dealkylation sites (N-methyl/N-ethyl adjacent to an activating group) is 1. The largest absolute Gasteiger partial charge is 0.340 e. The van der Waals surface area contributed by atoms with Crippen molar-refractivity contribution in [3.8, 4) is 0 Å². The lowest BCUT2D eigenvalue weighted by atomic mass is 10.2. The fourth-order valence-corrected chi connectivity index (χ4v) is 3.30. The van der Waals surface area contributed by atoms with Crippen molar-refractivity contribution < 1.29 is 4.79 Å². The first-order valence-electron chi connectivity index (χ1n) is 8.53. The molecule has 1 saturated heterocycles. The number of rotatable bonds is 5. The second kappa shape index (κ2) is 6.70. The highest BCUT2D eigenvalue weighted by Crippen LogP contribution is 2.18. The Kier molecular flexibility index (Phi) is 4.66. The molecule has 3 rings (SSSR count). The van der Waals surface area contributed by atoms with Crippen molar-refractivity contribution in [1.29, 1.82) is 0 Å². The molecule has 126 valence electrons. The number of hydrogen-bond acceptors (Lipinski definition) is 4. The molecule has 1 amide bonds. The lowest BCUT2D eigenvalue weighted by molar-refractivity contribution is -0.133. The number of piperazine rings is 1. The maximum Gasteiger partial charge on any atom is 0.224 e. The van der Waals surface area contributed by atoms with E-state index in [1.54, 1.807) is 0 Å². The molecular formula is C16H26N6O. The Labute approximate surface area is 136 Å². The van der Waals surface area contributed by atoms with E-state index in [1.807, 2.05) is 27.4 Å². The molecule has 7 nitrogen and oxygen atoms in total. The zero-order valence-corrected chi connectivity index (χ0v) is 14.3. The van der Waals surface area contributed by atoms with Crippen molar-refractivity contribution >= 4 is 16.9 Å². The summed E-state index contributed by atoms with van der Waals surface area (Å²) in [4.78, 5) is 16.8. The van der Waals surface area contributed by atoms with Gasteiger partial charge in [-0.05, 0) is 20.4 Å². The Hall–Kier alpha value is -1.89. The third kappa shape index (κ3) is 3.10. The number of nitrogens with zero attached hydrogens (tertiary/aromatic N) is 6. The molecule has 2 aromatic heterocycles. The molecule has 7 heteroatoms. The quantitative estimate of drug-likeness (QED) is 0.829. The molecule has 0 aliphatic carbocycles. The molecule has 0 unspecified atom stereocenters. The van der Waals surface area contributed by atoms with E-state index in [9.17, 15) is 4.79 Å². The van der Waals surface area contributed by atoms with Crippen molar-refractivity contribution in [2.24, 2.45) is 0 Å². The monoisotopic (exact) mass is 318 g/mol. The van der Waals surface area contributed by atoms with E-state index in [1.165, 1.54) is 0 Å². The van der Waals surface area contributed by atoms with Gasteiger partial charge in [0.05, 0.1) is 18.4 Å². The molecule has 3 heterocycles. The highest BCUT2D eigenvalue weighted by atomic mass is 16.2. The van der Waals surface area contributed by atoms with Crippen molar-refractivity contribution in [3.05, 3.63) is 11.9 Å². The van der Waals surface area contributed by atoms with Gasteiger partial charge in [0.25, 0.3) is 0 Å². The predicted molar refractivity (Wildman–Crippen MR) is 89.2 cm³/mol. The minimum atomic E-state index is 0.227. The number of aryl methyl sites for hydroxylation is 3. The normalized spacial score (nSPS) is 16.4. The van der Waals surface area contributed by atoms with Gasteiger partial charge in [-0.25, -0.2) is 0 Å². The average molecular weight is 318 g/mol. The van der Waals surface area contributed by atoms with Crippen LogP contribution < -0.4 is 0 Å². The SMILES string of the molecule is CCN1CCN(C(=O)CCn2ncc3c2c(C)nn3CC)CC1. The molecule has 1 aliphatic rings. The Morgan fingerprint density at radius 1 is 1.13 bits per heavy atom. The number of hydrogen-bond donors (Lipinski definition) is 0. The van der Waals surface area contributed by atoms with Gasteiger partial charge in [-0.2, -0.15) is 10.2 Å². The highest BCUT2D eigenvalue weighted by Gasteiger charge is 2.20. The Bertz CT molecular complexity index is 680. The van der Waals surface area contributed by atoms with Crippen LogP contribution in [-0.2, 0) is 17.9 Å². The van der Waals surface area contributed by atoms with E-state index in [4.69, 9.17) is 0 Å². The van der Waals surface area contributed by atoms with Crippen LogP contribution in [0.4, 0.5) is 0 Å². The zero-order valence-electron chi connectivity index (χ0n) is 14.3. The van der Waals surface area contributed by atoms with E-state index in [0.717, 1.165) is 56.0 Å². The molecule has 23 heavy (non-hydrogen) atoms. The highest BCUT2D eigenvalue weighted by molar-refractivity contribution is 5.79. The molecule has 0 radical (unpaired) electrons. The smallest absolute Gasteiger partial charge is 0.224 e. The molecule has 1 aliphatic heterocycles. The summed E-state index contributed by atoms with van der Waals surface area (Å²) in [5.41, 5.74) is 3.08. The summed E-state index contributed by atoms with van der Waals surface area (Å²) in [6.45, 7) is 12.4. The summed E-state index contributed by atoms with van der Waals surface area (Å²) in [5, 5.41) is 8.96. The molecule has 0 bridgehead atoms. The third-order valence-corrected chi connectivity index (χ3v) is 4.72. The van der Waals surface area contributed by atoms with Gasteiger partial charge < -0.3 is 9.80 Å². The summed E-state index contributed by atoms with van der Waals surface area (Å²) >= 11 is 0. The fraction of sp³-hybridized carbons (Fsp3) is 0.688. The van der Waals surface area contributed by atoms with Crippen LogP contribution in [0.25, 0.3) is 11.0 Å². The molecule has 2 aromatic rings. The standard InChI is InChI=1S/C16H26N6O/c1-4-19-8-10-20(11-9-19)15(23)6-7-22-16-13(3)18-21(5-2)14(16)12-17-22/h12H,4-11H2,1-3H3. The molecule has 0 atom stereocenters. The van der Waals surface area contributed by atoms with Crippen LogP contribution in [0.5, 0.6) is 0 Å².